The molecule has 0 heterocycles. The molecule has 108 valence electrons. The highest BCUT2D eigenvalue weighted by molar-refractivity contribution is 9.10. The quantitative estimate of drug-likeness (QED) is 0.832. The van der Waals surface area contributed by atoms with Crippen molar-refractivity contribution in [1.29, 1.82) is 0 Å². The third-order valence-electron chi connectivity index (χ3n) is 3.28. The summed E-state index contributed by atoms with van der Waals surface area (Å²) in [6, 6.07) is 8.50. The maximum Gasteiger partial charge on any atom is 0.248 e. The highest BCUT2D eigenvalue weighted by Crippen LogP contribution is 2.32. The molecule has 1 amide bonds. The molecule has 21 heavy (non-hydrogen) atoms. The second kappa shape index (κ2) is 6.10. The Bertz CT molecular complexity index is 722. The summed E-state index contributed by atoms with van der Waals surface area (Å²) in [6.07, 6.45) is 1.59. The Labute approximate surface area is 131 Å². The second-order valence-corrected chi connectivity index (χ2v) is 5.53. The molecule has 0 bridgehead atoms. The van der Waals surface area contributed by atoms with Crippen LogP contribution in [-0.2, 0) is 0 Å². The molecule has 0 aliphatic heterocycles. The number of nitrogens with zero attached hydrogens (tertiary/aromatic N) is 1. The zero-order valence-corrected chi connectivity index (χ0v) is 13.3. The molecular weight excluding hydrogens is 332 g/mol. The van der Waals surface area contributed by atoms with Gasteiger partial charge in [0.05, 0.1) is 10.2 Å². The van der Waals surface area contributed by atoms with Crippen LogP contribution < -0.4 is 5.73 Å². The molecule has 2 aromatic rings. The summed E-state index contributed by atoms with van der Waals surface area (Å²) >= 11 is 3.37. The van der Waals surface area contributed by atoms with E-state index in [-0.39, 0.29) is 5.75 Å². The van der Waals surface area contributed by atoms with Crippen LogP contribution in [0.5, 0.6) is 5.75 Å². The van der Waals surface area contributed by atoms with Gasteiger partial charge in [0.15, 0.2) is 0 Å². The lowest BCUT2D eigenvalue weighted by molar-refractivity contribution is 0.100. The maximum atomic E-state index is 11.0. The molecule has 0 unspecified atom stereocenters. The van der Waals surface area contributed by atoms with Crippen molar-refractivity contribution in [3.05, 3.63) is 57.1 Å². The predicted molar refractivity (Wildman–Crippen MR) is 87.5 cm³/mol. The highest BCUT2D eigenvalue weighted by Gasteiger charge is 2.09. The van der Waals surface area contributed by atoms with Crippen molar-refractivity contribution in [3.8, 4) is 5.75 Å². The Kier molecular flexibility index (Phi) is 4.43. The van der Waals surface area contributed by atoms with E-state index in [9.17, 15) is 9.90 Å². The number of nitrogens with two attached hydrogens (primary N) is 1. The highest BCUT2D eigenvalue weighted by atomic mass is 79.9. The SMILES string of the molecule is Cc1cc(C=Nc2ccc(C(N)=O)cc2)c(O)c(Br)c1C. The van der Waals surface area contributed by atoms with Gasteiger partial charge in [0.2, 0.25) is 5.91 Å². The van der Waals surface area contributed by atoms with Crippen molar-refractivity contribution in [2.45, 2.75) is 13.8 Å². The lowest BCUT2D eigenvalue weighted by atomic mass is 10.1. The molecule has 0 radical (unpaired) electrons. The Hall–Kier alpha value is -2.14. The number of hydrogen-bond donors (Lipinski definition) is 2. The van der Waals surface area contributed by atoms with Gasteiger partial charge in [-0.2, -0.15) is 0 Å². The zero-order chi connectivity index (χ0) is 15.6. The van der Waals surface area contributed by atoms with Crippen molar-refractivity contribution in [2.24, 2.45) is 10.7 Å². The van der Waals surface area contributed by atoms with Gasteiger partial charge in [-0.05, 0) is 71.2 Å². The van der Waals surface area contributed by atoms with Crippen molar-refractivity contribution < 1.29 is 9.90 Å². The number of carbonyl (C=O) groups excluding carboxylic acids is 1. The van der Waals surface area contributed by atoms with Crippen LogP contribution in [0.2, 0.25) is 0 Å². The van der Waals surface area contributed by atoms with Gasteiger partial charge in [0, 0.05) is 17.3 Å². The predicted octanol–water partition coefficient (Wildman–Crippen LogP) is 3.62. The number of aliphatic imine (C=N–C) groups is 1. The van der Waals surface area contributed by atoms with Crippen LogP contribution in [-0.4, -0.2) is 17.2 Å². The summed E-state index contributed by atoms with van der Waals surface area (Å²) in [5.74, 6) is -0.308. The third-order valence-corrected chi connectivity index (χ3v) is 4.25. The number of phenols is 1. The lowest BCUT2D eigenvalue weighted by Crippen LogP contribution is -2.10. The fraction of sp³-hybridized carbons (Fsp3) is 0.125. The first-order valence-corrected chi connectivity index (χ1v) is 7.12. The molecule has 0 aromatic heterocycles. The number of primary amides is 1. The summed E-state index contributed by atoms with van der Waals surface area (Å²) < 4.78 is 0.674. The van der Waals surface area contributed by atoms with Gasteiger partial charge in [-0.25, -0.2) is 0 Å². The molecule has 2 rings (SSSR count). The van der Waals surface area contributed by atoms with Crippen molar-refractivity contribution in [2.75, 3.05) is 0 Å². The van der Waals surface area contributed by atoms with Crippen molar-refractivity contribution in [3.63, 3.8) is 0 Å². The molecule has 2 aromatic carbocycles. The van der Waals surface area contributed by atoms with Crippen LogP contribution in [0.3, 0.4) is 0 Å². The second-order valence-electron chi connectivity index (χ2n) is 4.74. The van der Waals surface area contributed by atoms with Gasteiger partial charge in [0.1, 0.15) is 5.75 Å². The molecule has 4 nitrogen and oxygen atoms in total. The summed E-state index contributed by atoms with van der Waals surface area (Å²) in [6.45, 7) is 3.90. The normalized spacial score (nSPS) is 11.0. The smallest absolute Gasteiger partial charge is 0.248 e. The number of benzene rings is 2. The molecule has 0 spiro atoms. The average molecular weight is 347 g/mol. The van der Waals surface area contributed by atoms with E-state index in [0.717, 1.165) is 11.1 Å². The number of halogens is 1. The monoisotopic (exact) mass is 346 g/mol. The van der Waals surface area contributed by atoms with Crippen LogP contribution in [0.25, 0.3) is 0 Å². The number of phenolic OH excluding ortho intramolecular Hbond substituents is 1. The van der Waals surface area contributed by atoms with Crippen molar-refractivity contribution in [1.82, 2.24) is 0 Å². The molecule has 0 aliphatic carbocycles. The van der Waals surface area contributed by atoms with Crippen LogP contribution in [0.1, 0.15) is 27.0 Å². The molecule has 0 fully saturated rings. The van der Waals surface area contributed by atoms with E-state index in [1.165, 1.54) is 0 Å². The number of aryl methyl sites for hydroxylation is 1. The van der Waals surface area contributed by atoms with E-state index >= 15 is 0 Å². The summed E-state index contributed by atoms with van der Waals surface area (Å²) in [4.78, 5) is 15.3. The van der Waals surface area contributed by atoms with Gasteiger partial charge in [-0.15, -0.1) is 0 Å². The lowest BCUT2D eigenvalue weighted by Gasteiger charge is -2.08. The zero-order valence-electron chi connectivity index (χ0n) is 11.7. The van der Waals surface area contributed by atoms with Gasteiger partial charge in [0.25, 0.3) is 0 Å². The minimum absolute atomic E-state index is 0.163. The summed E-state index contributed by atoms with van der Waals surface area (Å²) in [5, 5.41) is 10.1. The topological polar surface area (TPSA) is 75.7 Å². The van der Waals surface area contributed by atoms with Crippen LogP contribution in [0, 0.1) is 13.8 Å². The third kappa shape index (κ3) is 3.31. The Morgan fingerprint density at radius 3 is 2.48 bits per heavy atom. The van der Waals surface area contributed by atoms with E-state index in [1.54, 1.807) is 30.5 Å². The van der Waals surface area contributed by atoms with Crippen LogP contribution in [0.4, 0.5) is 5.69 Å². The molecule has 0 atom stereocenters. The average Bonchev–Trinajstić information content (AvgIpc) is 2.48. The largest absolute Gasteiger partial charge is 0.506 e. The van der Waals surface area contributed by atoms with E-state index in [2.05, 4.69) is 20.9 Å². The van der Waals surface area contributed by atoms with E-state index in [1.807, 2.05) is 19.9 Å². The van der Waals surface area contributed by atoms with Gasteiger partial charge in [-0.3, -0.25) is 9.79 Å². The molecule has 3 N–H and O–H groups in total. The van der Waals surface area contributed by atoms with Gasteiger partial charge in [-0.1, -0.05) is 0 Å². The standard InChI is InChI=1S/C16H15BrN2O2/c1-9-7-12(15(20)14(17)10(9)2)8-19-13-5-3-11(4-6-13)16(18)21/h3-8,20H,1-2H3,(H2,18,21). The number of carbonyl (C=O) groups is 1. The van der Waals surface area contributed by atoms with Crippen LogP contribution in [0.15, 0.2) is 39.8 Å². The molecule has 5 heteroatoms. The van der Waals surface area contributed by atoms with Gasteiger partial charge < -0.3 is 10.8 Å². The summed E-state index contributed by atoms with van der Waals surface area (Å²) in [5.41, 5.74) is 8.98. The number of aromatic hydroxyl groups is 1. The Balaban J connectivity index is 2.31. The van der Waals surface area contributed by atoms with Crippen molar-refractivity contribution >= 4 is 33.7 Å². The fourth-order valence-electron chi connectivity index (χ4n) is 1.84. The first-order chi connectivity index (χ1) is 9.90. The fourth-order valence-corrected chi connectivity index (χ4v) is 2.38. The molecule has 0 saturated heterocycles. The first kappa shape index (κ1) is 15.3. The van der Waals surface area contributed by atoms with E-state index in [4.69, 9.17) is 5.73 Å². The molecule has 0 aliphatic rings. The van der Waals surface area contributed by atoms with Crippen LogP contribution >= 0.6 is 15.9 Å². The Morgan fingerprint density at radius 1 is 1.29 bits per heavy atom. The minimum Gasteiger partial charge on any atom is -0.506 e. The molecular formula is C16H15BrN2O2. The first-order valence-electron chi connectivity index (χ1n) is 6.32. The summed E-state index contributed by atoms with van der Waals surface area (Å²) in [7, 11) is 0. The van der Waals surface area contributed by atoms with E-state index in [0.29, 0.717) is 21.3 Å². The maximum absolute atomic E-state index is 11.0. The number of rotatable bonds is 3. The Morgan fingerprint density at radius 2 is 1.90 bits per heavy atom. The number of hydrogen-bond acceptors (Lipinski definition) is 3. The number of amides is 1. The molecule has 0 saturated carbocycles. The minimum atomic E-state index is -0.471. The van der Waals surface area contributed by atoms with Gasteiger partial charge >= 0.3 is 0 Å². The van der Waals surface area contributed by atoms with E-state index < -0.39 is 5.91 Å².